The monoisotopic (exact) mass is 299 g/mol. The van der Waals surface area contributed by atoms with Crippen LogP contribution in [0.25, 0.3) is 0 Å². The predicted octanol–water partition coefficient (Wildman–Crippen LogP) is 1.90. The van der Waals surface area contributed by atoms with Gasteiger partial charge in [-0.2, -0.15) is 0 Å². The SMILES string of the molecule is Cc1cc(NC(=O)CC(=O)N2CCc3ccccc3C2)no1. The lowest BCUT2D eigenvalue weighted by atomic mass is 10.00. The highest BCUT2D eigenvalue weighted by molar-refractivity contribution is 6.03. The number of nitrogens with zero attached hydrogens (tertiary/aromatic N) is 2. The molecule has 0 spiro atoms. The van der Waals surface area contributed by atoms with Crippen LogP contribution in [0.4, 0.5) is 5.82 Å². The fourth-order valence-electron chi connectivity index (χ4n) is 2.57. The van der Waals surface area contributed by atoms with Crippen molar-refractivity contribution in [3.63, 3.8) is 0 Å². The van der Waals surface area contributed by atoms with E-state index in [1.165, 1.54) is 5.56 Å². The van der Waals surface area contributed by atoms with E-state index < -0.39 is 0 Å². The number of anilines is 1. The Labute approximate surface area is 128 Å². The summed E-state index contributed by atoms with van der Waals surface area (Å²) in [5.74, 6) is 0.387. The van der Waals surface area contributed by atoms with Gasteiger partial charge < -0.3 is 14.7 Å². The number of aryl methyl sites for hydroxylation is 1. The molecule has 6 heteroatoms. The van der Waals surface area contributed by atoms with Crippen LogP contribution in [0.1, 0.15) is 23.3 Å². The van der Waals surface area contributed by atoms with Crippen LogP contribution in [-0.4, -0.2) is 28.4 Å². The van der Waals surface area contributed by atoms with Gasteiger partial charge in [0.25, 0.3) is 0 Å². The molecule has 1 aliphatic rings. The lowest BCUT2D eigenvalue weighted by molar-refractivity contribution is -0.135. The number of hydrogen-bond acceptors (Lipinski definition) is 4. The number of benzene rings is 1. The summed E-state index contributed by atoms with van der Waals surface area (Å²) in [5, 5.41) is 6.23. The molecule has 0 radical (unpaired) electrons. The molecule has 114 valence electrons. The molecule has 0 atom stereocenters. The third-order valence-corrected chi connectivity index (χ3v) is 3.69. The average Bonchev–Trinajstić information content (AvgIpc) is 2.91. The topological polar surface area (TPSA) is 75.4 Å². The molecule has 1 aromatic heterocycles. The molecule has 2 heterocycles. The molecule has 6 nitrogen and oxygen atoms in total. The van der Waals surface area contributed by atoms with E-state index in [0.717, 1.165) is 12.0 Å². The van der Waals surface area contributed by atoms with E-state index in [2.05, 4.69) is 16.5 Å². The molecular formula is C16H17N3O3. The molecule has 0 saturated carbocycles. The van der Waals surface area contributed by atoms with Gasteiger partial charge in [0.2, 0.25) is 11.8 Å². The lowest BCUT2D eigenvalue weighted by Crippen LogP contribution is -2.37. The van der Waals surface area contributed by atoms with Gasteiger partial charge in [-0.05, 0) is 24.5 Å². The van der Waals surface area contributed by atoms with E-state index in [1.54, 1.807) is 17.9 Å². The molecule has 0 bridgehead atoms. The Kier molecular flexibility index (Phi) is 3.91. The molecule has 0 unspecified atom stereocenters. The number of nitrogens with one attached hydrogen (secondary N) is 1. The molecule has 3 rings (SSSR count). The molecule has 1 N–H and O–H groups in total. The van der Waals surface area contributed by atoms with Crippen molar-refractivity contribution < 1.29 is 14.1 Å². The van der Waals surface area contributed by atoms with Crippen LogP contribution in [0, 0.1) is 6.92 Å². The maximum atomic E-state index is 12.2. The second kappa shape index (κ2) is 6.01. The first kappa shape index (κ1) is 14.3. The van der Waals surface area contributed by atoms with Crippen molar-refractivity contribution in [2.24, 2.45) is 0 Å². The average molecular weight is 299 g/mol. The van der Waals surface area contributed by atoms with Crippen molar-refractivity contribution in [3.05, 3.63) is 47.2 Å². The molecule has 2 amide bonds. The summed E-state index contributed by atoms with van der Waals surface area (Å²) in [6.07, 6.45) is 0.639. The zero-order chi connectivity index (χ0) is 15.5. The number of aromatic nitrogens is 1. The normalized spacial score (nSPS) is 13.6. The highest BCUT2D eigenvalue weighted by Gasteiger charge is 2.22. The first-order valence-corrected chi connectivity index (χ1v) is 7.19. The van der Waals surface area contributed by atoms with Crippen LogP contribution in [0.15, 0.2) is 34.9 Å². The van der Waals surface area contributed by atoms with E-state index in [-0.39, 0.29) is 18.2 Å². The first-order valence-electron chi connectivity index (χ1n) is 7.19. The summed E-state index contributed by atoms with van der Waals surface area (Å²) >= 11 is 0. The maximum Gasteiger partial charge on any atom is 0.235 e. The predicted molar refractivity (Wildman–Crippen MR) is 80.0 cm³/mol. The van der Waals surface area contributed by atoms with Gasteiger partial charge in [-0.15, -0.1) is 0 Å². The molecule has 2 aromatic rings. The molecular weight excluding hydrogens is 282 g/mol. The number of rotatable bonds is 3. The largest absolute Gasteiger partial charge is 0.360 e. The third-order valence-electron chi connectivity index (χ3n) is 3.69. The van der Waals surface area contributed by atoms with Crippen molar-refractivity contribution in [1.82, 2.24) is 10.1 Å². The third kappa shape index (κ3) is 3.16. The fraction of sp³-hybridized carbons (Fsp3) is 0.312. The van der Waals surface area contributed by atoms with Gasteiger partial charge in [0.15, 0.2) is 5.82 Å². The molecule has 1 aliphatic heterocycles. The number of fused-ring (bicyclic) bond motifs is 1. The highest BCUT2D eigenvalue weighted by atomic mass is 16.5. The van der Waals surface area contributed by atoms with Crippen LogP contribution in [-0.2, 0) is 22.6 Å². The summed E-state index contributed by atoms with van der Waals surface area (Å²) in [4.78, 5) is 25.8. The minimum Gasteiger partial charge on any atom is -0.360 e. The number of carbonyl (C=O) groups is 2. The smallest absolute Gasteiger partial charge is 0.235 e. The summed E-state index contributed by atoms with van der Waals surface area (Å²) in [6, 6.07) is 9.68. The zero-order valence-corrected chi connectivity index (χ0v) is 12.3. The van der Waals surface area contributed by atoms with Crippen LogP contribution >= 0.6 is 0 Å². The Hall–Kier alpha value is -2.63. The number of hydrogen-bond donors (Lipinski definition) is 1. The molecule has 0 fully saturated rings. The van der Waals surface area contributed by atoms with E-state index in [4.69, 9.17) is 4.52 Å². The molecule has 0 saturated heterocycles. The van der Waals surface area contributed by atoms with Crippen LogP contribution in [0.5, 0.6) is 0 Å². The molecule has 0 aliphatic carbocycles. The van der Waals surface area contributed by atoms with E-state index in [0.29, 0.717) is 24.7 Å². The summed E-state index contributed by atoms with van der Waals surface area (Å²) in [6.45, 7) is 2.94. The van der Waals surface area contributed by atoms with Crippen LogP contribution in [0.3, 0.4) is 0 Å². The Morgan fingerprint density at radius 2 is 2.09 bits per heavy atom. The van der Waals surface area contributed by atoms with E-state index >= 15 is 0 Å². The van der Waals surface area contributed by atoms with E-state index in [1.807, 2.05) is 18.2 Å². The fourth-order valence-corrected chi connectivity index (χ4v) is 2.57. The van der Waals surface area contributed by atoms with Crippen molar-refractivity contribution >= 4 is 17.6 Å². The van der Waals surface area contributed by atoms with Crippen molar-refractivity contribution in [3.8, 4) is 0 Å². The van der Waals surface area contributed by atoms with Gasteiger partial charge in [0, 0.05) is 19.2 Å². The summed E-state index contributed by atoms with van der Waals surface area (Å²) < 4.78 is 4.87. The maximum absolute atomic E-state index is 12.2. The van der Waals surface area contributed by atoms with Crippen LogP contribution < -0.4 is 5.32 Å². The number of carbonyl (C=O) groups excluding carboxylic acids is 2. The second-order valence-corrected chi connectivity index (χ2v) is 5.38. The quantitative estimate of drug-likeness (QED) is 0.878. The van der Waals surface area contributed by atoms with Gasteiger partial charge in [0.1, 0.15) is 12.2 Å². The van der Waals surface area contributed by atoms with Gasteiger partial charge in [-0.25, -0.2) is 0 Å². The summed E-state index contributed by atoms with van der Waals surface area (Å²) in [7, 11) is 0. The van der Waals surface area contributed by atoms with Gasteiger partial charge in [-0.3, -0.25) is 9.59 Å². The van der Waals surface area contributed by atoms with Crippen molar-refractivity contribution in [2.75, 3.05) is 11.9 Å². The Morgan fingerprint density at radius 1 is 1.32 bits per heavy atom. The first-order chi connectivity index (χ1) is 10.6. The van der Waals surface area contributed by atoms with Crippen molar-refractivity contribution in [1.29, 1.82) is 0 Å². The van der Waals surface area contributed by atoms with Crippen LogP contribution in [0.2, 0.25) is 0 Å². The van der Waals surface area contributed by atoms with Gasteiger partial charge in [-0.1, -0.05) is 29.4 Å². The number of amides is 2. The summed E-state index contributed by atoms with van der Waals surface area (Å²) in [5.41, 5.74) is 2.42. The Balaban J connectivity index is 1.57. The lowest BCUT2D eigenvalue weighted by Gasteiger charge is -2.28. The van der Waals surface area contributed by atoms with Gasteiger partial charge >= 0.3 is 0 Å². The zero-order valence-electron chi connectivity index (χ0n) is 12.3. The molecule has 22 heavy (non-hydrogen) atoms. The molecule has 1 aromatic carbocycles. The van der Waals surface area contributed by atoms with E-state index in [9.17, 15) is 9.59 Å². The Morgan fingerprint density at radius 3 is 2.82 bits per heavy atom. The Bertz CT molecular complexity index is 708. The van der Waals surface area contributed by atoms with Gasteiger partial charge in [0.05, 0.1) is 0 Å². The minimum atomic E-state index is -0.378. The minimum absolute atomic E-state index is 0.174. The standard InChI is InChI=1S/C16H17N3O3/c1-11-8-14(18-22-11)17-15(20)9-16(21)19-7-6-12-4-2-3-5-13(12)10-19/h2-5,8H,6-7,9-10H2,1H3,(H,17,18,20). The second-order valence-electron chi connectivity index (χ2n) is 5.38. The highest BCUT2D eigenvalue weighted by Crippen LogP contribution is 2.19. The van der Waals surface area contributed by atoms with Crippen molar-refractivity contribution in [2.45, 2.75) is 26.3 Å².